The van der Waals surface area contributed by atoms with E-state index >= 15 is 0 Å². The summed E-state index contributed by atoms with van der Waals surface area (Å²) in [5.74, 6) is 1.14. The highest BCUT2D eigenvalue weighted by molar-refractivity contribution is 7.71. The van der Waals surface area contributed by atoms with Gasteiger partial charge in [-0.3, -0.25) is 9.89 Å². The molecule has 0 aliphatic rings. The largest absolute Gasteiger partial charge is 0.489 e. The van der Waals surface area contributed by atoms with Crippen LogP contribution in [-0.2, 0) is 13.2 Å². The number of aromatic nitrogens is 3. The van der Waals surface area contributed by atoms with Crippen molar-refractivity contribution in [1.29, 1.82) is 5.26 Å². The third-order valence-corrected chi connectivity index (χ3v) is 4.57. The molecule has 2 N–H and O–H groups in total. The monoisotopic (exact) mass is 407 g/mol. The fraction of sp³-hybridized carbons (Fsp3) is 0.238. The minimum atomic E-state index is -0.200. The molecule has 3 aromatic rings. The number of nitriles is 1. The van der Waals surface area contributed by atoms with E-state index in [9.17, 15) is 4.79 Å². The minimum Gasteiger partial charge on any atom is -0.489 e. The lowest BCUT2D eigenvalue weighted by molar-refractivity contribution is 0.0949. The summed E-state index contributed by atoms with van der Waals surface area (Å²) in [6.45, 7) is 4.61. The predicted molar refractivity (Wildman–Crippen MR) is 111 cm³/mol. The molecule has 0 spiro atoms. The van der Waals surface area contributed by atoms with Gasteiger partial charge in [0.25, 0.3) is 5.91 Å². The van der Waals surface area contributed by atoms with Crippen LogP contribution in [0, 0.1) is 16.1 Å². The van der Waals surface area contributed by atoms with Crippen LogP contribution in [0.15, 0.2) is 48.5 Å². The lowest BCUT2D eigenvalue weighted by Crippen LogP contribution is -2.25. The van der Waals surface area contributed by atoms with E-state index in [2.05, 4.69) is 21.6 Å². The van der Waals surface area contributed by atoms with Crippen LogP contribution >= 0.6 is 12.2 Å². The summed E-state index contributed by atoms with van der Waals surface area (Å²) in [5, 5.41) is 18.7. The fourth-order valence-corrected chi connectivity index (χ4v) is 3.21. The van der Waals surface area contributed by atoms with E-state index < -0.39 is 0 Å². The van der Waals surface area contributed by atoms with Crippen LogP contribution < -0.4 is 10.1 Å². The first-order valence-corrected chi connectivity index (χ1v) is 9.54. The normalized spacial score (nSPS) is 10.6. The first-order valence-electron chi connectivity index (χ1n) is 9.14. The number of carbonyl (C=O) groups is 1. The van der Waals surface area contributed by atoms with Gasteiger partial charge in [0.1, 0.15) is 12.4 Å². The number of amides is 1. The third-order valence-electron chi connectivity index (χ3n) is 4.28. The highest BCUT2D eigenvalue weighted by Gasteiger charge is 2.12. The zero-order valence-corrected chi connectivity index (χ0v) is 17.0. The molecule has 1 amide bonds. The molecule has 1 aromatic heterocycles. The first kappa shape index (κ1) is 20.3. The molecule has 0 saturated carbocycles. The van der Waals surface area contributed by atoms with Gasteiger partial charge in [-0.25, -0.2) is 0 Å². The SMILES string of the molecule is CC(C)n1c(CNC(=O)c2cccc(COc3ccc(C#N)cc3)c2)n[nH]c1=S. The van der Waals surface area contributed by atoms with Gasteiger partial charge in [-0.1, -0.05) is 12.1 Å². The number of nitrogens with one attached hydrogen (secondary N) is 2. The lowest BCUT2D eigenvalue weighted by Gasteiger charge is -2.11. The molecular formula is C21H21N5O2S. The summed E-state index contributed by atoms with van der Waals surface area (Å²) < 4.78 is 8.14. The third kappa shape index (κ3) is 5.09. The number of hydrogen-bond acceptors (Lipinski definition) is 5. The van der Waals surface area contributed by atoms with Crippen LogP contribution in [0.2, 0.25) is 0 Å². The Bertz CT molecular complexity index is 1090. The quantitative estimate of drug-likeness (QED) is 0.579. The fourth-order valence-electron chi connectivity index (χ4n) is 2.85. The standard InChI is InChI=1S/C21H21N5O2S/c1-14(2)26-19(24-25-21(26)29)12-23-20(27)17-5-3-4-16(10-17)13-28-18-8-6-15(11-22)7-9-18/h3-10,14H,12-13H2,1-2H3,(H,23,27)(H,25,29). The zero-order chi connectivity index (χ0) is 20.8. The van der Waals surface area contributed by atoms with Gasteiger partial charge in [0.15, 0.2) is 10.6 Å². The average Bonchev–Trinajstić information content (AvgIpc) is 3.11. The molecule has 0 fully saturated rings. The van der Waals surface area contributed by atoms with Crippen molar-refractivity contribution in [3.63, 3.8) is 0 Å². The molecule has 0 bridgehead atoms. The van der Waals surface area contributed by atoms with Crippen molar-refractivity contribution in [1.82, 2.24) is 20.1 Å². The molecule has 0 aliphatic heterocycles. The van der Waals surface area contributed by atoms with Crippen molar-refractivity contribution in [2.45, 2.75) is 33.0 Å². The van der Waals surface area contributed by atoms with Gasteiger partial charge in [-0.15, -0.1) is 0 Å². The van der Waals surface area contributed by atoms with Gasteiger partial charge >= 0.3 is 0 Å². The summed E-state index contributed by atoms with van der Waals surface area (Å²) in [6, 6.07) is 16.4. The van der Waals surface area contributed by atoms with Crippen molar-refractivity contribution in [3.8, 4) is 11.8 Å². The smallest absolute Gasteiger partial charge is 0.251 e. The van der Waals surface area contributed by atoms with E-state index in [1.165, 1.54) is 0 Å². The number of carbonyl (C=O) groups excluding carboxylic acids is 1. The van der Waals surface area contributed by atoms with E-state index in [0.29, 0.717) is 34.1 Å². The molecule has 8 heteroatoms. The minimum absolute atomic E-state index is 0.149. The van der Waals surface area contributed by atoms with Gasteiger partial charge in [-0.05, 0) is 68.0 Å². The van der Waals surface area contributed by atoms with Crippen LogP contribution in [0.5, 0.6) is 5.75 Å². The number of rotatable bonds is 7. The predicted octanol–water partition coefficient (Wildman–Crippen LogP) is 3.90. The molecule has 0 radical (unpaired) electrons. The van der Waals surface area contributed by atoms with Crippen molar-refractivity contribution < 1.29 is 9.53 Å². The Morgan fingerprint density at radius 2 is 2.07 bits per heavy atom. The topological polar surface area (TPSA) is 95.7 Å². The van der Waals surface area contributed by atoms with Gasteiger partial charge in [-0.2, -0.15) is 10.4 Å². The summed E-state index contributed by atoms with van der Waals surface area (Å²) >= 11 is 5.23. The van der Waals surface area contributed by atoms with Crippen LogP contribution in [0.4, 0.5) is 0 Å². The first-order chi connectivity index (χ1) is 14.0. The van der Waals surface area contributed by atoms with Crippen LogP contribution in [0.25, 0.3) is 0 Å². The number of H-pyrrole nitrogens is 1. The van der Waals surface area contributed by atoms with Crippen LogP contribution in [0.3, 0.4) is 0 Å². The van der Waals surface area contributed by atoms with E-state index in [0.717, 1.165) is 5.56 Å². The lowest BCUT2D eigenvalue weighted by atomic mass is 10.1. The average molecular weight is 407 g/mol. The van der Waals surface area contributed by atoms with Crippen molar-refractivity contribution in [2.75, 3.05) is 0 Å². The highest BCUT2D eigenvalue weighted by atomic mass is 32.1. The number of hydrogen-bond donors (Lipinski definition) is 2. The van der Waals surface area contributed by atoms with Gasteiger partial charge in [0.2, 0.25) is 0 Å². The molecule has 7 nitrogen and oxygen atoms in total. The molecule has 3 rings (SSSR count). The zero-order valence-electron chi connectivity index (χ0n) is 16.2. The van der Waals surface area contributed by atoms with Gasteiger partial charge < -0.3 is 14.6 Å². The Labute approximate surface area is 174 Å². The second-order valence-electron chi connectivity index (χ2n) is 6.72. The summed E-state index contributed by atoms with van der Waals surface area (Å²) in [5.41, 5.74) is 1.98. The van der Waals surface area contributed by atoms with Crippen LogP contribution in [0.1, 0.15) is 47.2 Å². The number of aromatic amines is 1. The van der Waals surface area contributed by atoms with E-state index in [1.807, 2.05) is 30.5 Å². The van der Waals surface area contributed by atoms with E-state index in [1.54, 1.807) is 36.4 Å². The highest BCUT2D eigenvalue weighted by Crippen LogP contribution is 2.15. The second-order valence-corrected chi connectivity index (χ2v) is 7.10. The number of ether oxygens (including phenoxy) is 1. The van der Waals surface area contributed by atoms with Gasteiger partial charge in [0.05, 0.1) is 18.2 Å². The van der Waals surface area contributed by atoms with E-state index in [-0.39, 0.29) is 18.5 Å². The van der Waals surface area contributed by atoms with E-state index in [4.69, 9.17) is 22.2 Å². The Morgan fingerprint density at radius 1 is 1.31 bits per heavy atom. The second kappa shape index (κ2) is 9.17. The summed E-state index contributed by atoms with van der Waals surface area (Å²) in [6.07, 6.45) is 0. The molecular weight excluding hydrogens is 386 g/mol. The van der Waals surface area contributed by atoms with Crippen molar-refractivity contribution in [2.24, 2.45) is 0 Å². The number of benzene rings is 2. The molecule has 29 heavy (non-hydrogen) atoms. The number of nitrogens with zero attached hydrogens (tertiary/aromatic N) is 3. The summed E-state index contributed by atoms with van der Waals surface area (Å²) in [4.78, 5) is 12.5. The maximum atomic E-state index is 12.5. The molecule has 0 aliphatic carbocycles. The van der Waals surface area contributed by atoms with Crippen molar-refractivity contribution >= 4 is 18.1 Å². The molecule has 148 valence electrons. The summed E-state index contributed by atoms with van der Waals surface area (Å²) in [7, 11) is 0. The molecule has 0 atom stereocenters. The maximum absolute atomic E-state index is 12.5. The Balaban J connectivity index is 1.62. The molecule has 1 heterocycles. The van der Waals surface area contributed by atoms with Gasteiger partial charge in [0, 0.05) is 11.6 Å². The molecule has 2 aromatic carbocycles. The Hall–Kier alpha value is -3.44. The van der Waals surface area contributed by atoms with Crippen LogP contribution in [-0.4, -0.2) is 20.7 Å². The Kier molecular flexibility index (Phi) is 6.42. The molecule has 0 unspecified atom stereocenters. The van der Waals surface area contributed by atoms with Crippen molar-refractivity contribution in [3.05, 3.63) is 75.8 Å². The maximum Gasteiger partial charge on any atom is 0.251 e. The molecule has 0 saturated heterocycles. The Morgan fingerprint density at radius 3 is 2.76 bits per heavy atom.